The molecule has 166 valence electrons. The molecule has 0 spiro atoms. The van der Waals surface area contributed by atoms with E-state index in [4.69, 9.17) is 9.29 Å². The lowest BCUT2D eigenvalue weighted by molar-refractivity contribution is -0.149. The first-order valence-corrected chi connectivity index (χ1v) is 12.1. The molecule has 0 rings (SSSR count). The van der Waals surface area contributed by atoms with Gasteiger partial charge in [0.1, 0.15) is 0 Å². The fourth-order valence-corrected chi connectivity index (χ4v) is 3.55. The van der Waals surface area contributed by atoms with E-state index in [0.29, 0.717) is 6.42 Å². The number of rotatable bonds is 18. The van der Waals surface area contributed by atoms with Gasteiger partial charge in [-0.2, -0.15) is 8.42 Å². The van der Waals surface area contributed by atoms with Crippen molar-refractivity contribution in [1.29, 1.82) is 0 Å². The van der Waals surface area contributed by atoms with Crippen molar-refractivity contribution in [1.82, 2.24) is 0 Å². The van der Waals surface area contributed by atoms with Crippen molar-refractivity contribution in [3.8, 4) is 0 Å². The second-order valence-corrected chi connectivity index (χ2v) is 8.67. The van der Waals surface area contributed by atoms with Crippen molar-refractivity contribution in [2.45, 2.75) is 103 Å². The zero-order valence-corrected chi connectivity index (χ0v) is 18.3. The lowest BCUT2D eigenvalue weighted by Crippen LogP contribution is -2.34. The highest BCUT2D eigenvalue weighted by atomic mass is 32.2. The van der Waals surface area contributed by atoms with E-state index >= 15 is 0 Å². The topological polar surface area (TPSA) is 107 Å². The molecule has 0 aromatic heterocycles. The van der Waals surface area contributed by atoms with E-state index in [0.717, 1.165) is 19.3 Å². The van der Waals surface area contributed by atoms with Crippen LogP contribution in [0.4, 0.5) is 0 Å². The minimum atomic E-state index is -4.72. The molecule has 1 N–H and O–H groups in total. The van der Waals surface area contributed by atoms with E-state index in [1.165, 1.54) is 51.4 Å². The Morgan fingerprint density at radius 1 is 0.786 bits per heavy atom. The summed E-state index contributed by atoms with van der Waals surface area (Å²) >= 11 is 0. The van der Waals surface area contributed by atoms with Crippen LogP contribution in [0.5, 0.6) is 0 Å². The molecule has 0 bridgehead atoms. The maximum atomic E-state index is 11.9. The standard InChI is InChI=1S/C20H38O7S/c1-3-5-6-7-8-9-10-11-12-13-14-15-16-27-20(22)18(28(23,24)25)17-19(21)26-4-2/h18H,3-17H2,1-2H3,(H,23,24,25). The van der Waals surface area contributed by atoms with Gasteiger partial charge in [-0.15, -0.1) is 0 Å². The van der Waals surface area contributed by atoms with Gasteiger partial charge in [-0.25, -0.2) is 0 Å². The summed E-state index contributed by atoms with van der Waals surface area (Å²) in [5.74, 6) is -1.98. The van der Waals surface area contributed by atoms with E-state index in [9.17, 15) is 18.0 Å². The average molecular weight is 423 g/mol. The van der Waals surface area contributed by atoms with Gasteiger partial charge >= 0.3 is 11.9 Å². The normalized spacial score (nSPS) is 12.5. The van der Waals surface area contributed by atoms with E-state index in [-0.39, 0.29) is 13.2 Å². The van der Waals surface area contributed by atoms with Crippen molar-refractivity contribution in [2.24, 2.45) is 0 Å². The largest absolute Gasteiger partial charge is 0.466 e. The number of esters is 2. The van der Waals surface area contributed by atoms with Gasteiger partial charge in [-0.3, -0.25) is 14.1 Å². The number of unbranched alkanes of at least 4 members (excludes halogenated alkanes) is 11. The molecular formula is C20H38O7S. The third-order valence-electron chi connectivity index (χ3n) is 4.52. The summed E-state index contributed by atoms with van der Waals surface area (Å²) in [6.07, 6.45) is 13.3. The van der Waals surface area contributed by atoms with Crippen LogP contribution in [0.1, 0.15) is 97.3 Å². The molecule has 0 amide bonds. The molecule has 0 aromatic carbocycles. The van der Waals surface area contributed by atoms with Gasteiger partial charge in [0.05, 0.1) is 19.6 Å². The molecule has 0 aliphatic heterocycles. The van der Waals surface area contributed by atoms with Crippen LogP contribution in [0.2, 0.25) is 0 Å². The van der Waals surface area contributed by atoms with Crippen molar-refractivity contribution in [3.63, 3.8) is 0 Å². The number of ether oxygens (including phenoxy) is 2. The number of hydrogen-bond donors (Lipinski definition) is 1. The Kier molecular flexibility index (Phi) is 16.1. The summed E-state index contributed by atoms with van der Waals surface area (Å²) < 4.78 is 41.3. The van der Waals surface area contributed by atoms with Crippen LogP contribution in [0.25, 0.3) is 0 Å². The Morgan fingerprint density at radius 2 is 1.25 bits per heavy atom. The monoisotopic (exact) mass is 422 g/mol. The van der Waals surface area contributed by atoms with Gasteiger partial charge < -0.3 is 9.47 Å². The molecule has 0 radical (unpaired) electrons. The Morgan fingerprint density at radius 3 is 1.68 bits per heavy atom. The van der Waals surface area contributed by atoms with Crippen LogP contribution in [0.3, 0.4) is 0 Å². The number of carbonyl (C=O) groups excluding carboxylic acids is 2. The molecule has 0 aliphatic rings. The minimum Gasteiger partial charge on any atom is -0.466 e. The quantitative estimate of drug-likeness (QED) is 0.198. The fourth-order valence-electron chi connectivity index (χ4n) is 2.89. The van der Waals surface area contributed by atoms with Gasteiger partial charge in [-0.05, 0) is 13.3 Å². The Hall–Kier alpha value is -1.15. The molecular weight excluding hydrogens is 384 g/mol. The van der Waals surface area contributed by atoms with Crippen molar-refractivity contribution in [3.05, 3.63) is 0 Å². The molecule has 8 heteroatoms. The van der Waals surface area contributed by atoms with Crippen molar-refractivity contribution < 1.29 is 32.0 Å². The smallest absolute Gasteiger partial charge is 0.327 e. The van der Waals surface area contributed by atoms with Gasteiger partial charge in [0.15, 0.2) is 5.25 Å². The van der Waals surface area contributed by atoms with E-state index in [1.54, 1.807) is 6.92 Å². The molecule has 0 aromatic rings. The van der Waals surface area contributed by atoms with Gasteiger partial charge in [0.25, 0.3) is 10.1 Å². The Bertz CT molecular complexity index is 517. The first-order chi connectivity index (χ1) is 13.3. The molecule has 1 atom stereocenters. The van der Waals surface area contributed by atoms with Crippen molar-refractivity contribution >= 4 is 22.1 Å². The number of hydrogen-bond acceptors (Lipinski definition) is 6. The summed E-state index contributed by atoms with van der Waals surface area (Å²) in [6.45, 7) is 3.92. The molecule has 0 saturated carbocycles. The first-order valence-electron chi connectivity index (χ1n) is 10.6. The van der Waals surface area contributed by atoms with Crippen LogP contribution in [0, 0.1) is 0 Å². The highest BCUT2D eigenvalue weighted by molar-refractivity contribution is 7.87. The van der Waals surface area contributed by atoms with Crippen LogP contribution >= 0.6 is 0 Å². The molecule has 0 aliphatic carbocycles. The highest BCUT2D eigenvalue weighted by Gasteiger charge is 2.35. The SMILES string of the molecule is CCCCCCCCCCCCCCOC(=O)C(CC(=O)OCC)S(=O)(=O)O. The van der Waals surface area contributed by atoms with Crippen LogP contribution in [0.15, 0.2) is 0 Å². The van der Waals surface area contributed by atoms with Crippen LogP contribution < -0.4 is 0 Å². The van der Waals surface area contributed by atoms with E-state index in [2.05, 4.69) is 11.7 Å². The maximum Gasteiger partial charge on any atom is 0.327 e. The lowest BCUT2D eigenvalue weighted by atomic mass is 10.1. The molecule has 7 nitrogen and oxygen atoms in total. The van der Waals surface area contributed by atoms with Gasteiger partial charge in [0.2, 0.25) is 0 Å². The van der Waals surface area contributed by atoms with E-state index in [1.807, 2.05) is 0 Å². The summed E-state index contributed by atoms with van der Waals surface area (Å²) in [5, 5.41) is -1.93. The third-order valence-corrected chi connectivity index (χ3v) is 5.60. The fraction of sp³-hybridized carbons (Fsp3) is 0.900. The zero-order valence-electron chi connectivity index (χ0n) is 17.5. The second kappa shape index (κ2) is 16.8. The highest BCUT2D eigenvalue weighted by Crippen LogP contribution is 2.13. The molecule has 1 unspecified atom stereocenters. The molecule has 0 fully saturated rings. The van der Waals surface area contributed by atoms with Crippen LogP contribution in [-0.2, 0) is 29.2 Å². The summed E-state index contributed by atoms with van der Waals surface area (Å²) in [5.41, 5.74) is 0. The zero-order chi connectivity index (χ0) is 21.3. The summed E-state index contributed by atoms with van der Waals surface area (Å²) in [7, 11) is -4.72. The minimum absolute atomic E-state index is 0.0605. The molecule has 0 heterocycles. The van der Waals surface area contributed by atoms with Gasteiger partial charge in [0, 0.05) is 0 Å². The number of carbonyl (C=O) groups is 2. The van der Waals surface area contributed by atoms with Crippen molar-refractivity contribution in [2.75, 3.05) is 13.2 Å². The average Bonchev–Trinajstić information content (AvgIpc) is 2.62. The lowest BCUT2D eigenvalue weighted by Gasteiger charge is -2.12. The van der Waals surface area contributed by atoms with E-state index < -0.39 is 33.7 Å². The van der Waals surface area contributed by atoms with Crippen LogP contribution in [-0.4, -0.2) is 43.4 Å². The molecule has 28 heavy (non-hydrogen) atoms. The predicted octanol–water partition coefficient (Wildman–Crippen LogP) is 4.44. The Balaban J connectivity index is 3.79. The summed E-state index contributed by atoms with van der Waals surface area (Å²) in [4.78, 5) is 23.2. The second-order valence-electron chi connectivity index (χ2n) is 7.07. The maximum absolute atomic E-state index is 11.9. The third kappa shape index (κ3) is 14.9. The molecule has 0 saturated heterocycles. The Labute approximate surface area is 170 Å². The first kappa shape index (κ1) is 26.9. The summed E-state index contributed by atoms with van der Waals surface area (Å²) in [6, 6.07) is 0. The predicted molar refractivity (Wildman–Crippen MR) is 109 cm³/mol. The van der Waals surface area contributed by atoms with Gasteiger partial charge in [-0.1, -0.05) is 77.6 Å².